The number of carbonyl (C=O) groups is 2. The molecule has 2 fully saturated rings. The van der Waals surface area contributed by atoms with E-state index in [1.807, 2.05) is 61.2 Å². The summed E-state index contributed by atoms with van der Waals surface area (Å²) in [5.74, 6) is 0.588. The molecule has 29 heavy (non-hydrogen) atoms. The van der Waals surface area contributed by atoms with Crippen LogP contribution in [-0.4, -0.2) is 48.6 Å². The van der Waals surface area contributed by atoms with E-state index in [2.05, 4.69) is 5.32 Å². The van der Waals surface area contributed by atoms with Crippen LogP contribution in [0.25, 0.3) is 0 Å². The van der Waals surface area contributed by atoms with E-state index in [1.165, 1.54) is 0 Å². The number of ether oxygens (including phenoxy) is 2. The molecule has 152 valence electrons. The van der Waals surface area contributed by atoms with Crippen LogP contribution in [0.1, 0.15) is 36.2 Å². The van der Waals surface area contributed by atoms with Crippen LogP contribution < -0.4 is 10.1 Å². The Morgan fingerprint density at radius 2 is 1.90 bits per heavy atom. The largest absolute Gasteiger partial charge is 0.491 e. The van der Waals surface area contributed by atoms with Crippen LogP contribution in [0, 0.1) is 0 Å². The van der Waals surface area contributed by atoms with E-state index in [0.717, 1.165) is 11.3 Å². The van der Waals surface area contributed by atoms with Crippen LogP contribution in [0.15, 0.2) is 54.6 Å². The van der Waals surface area contributed by atoms with Gasteiger partial charge < -0.3 is 19.7 Å². The summed E-state index contributed by atoms with van der Waals surface area (Å²) in [6, 6.07) is 17.1. The van der Waals surface area contributed by atoms with Crippen molar-refractivity contribution < 1.29 is 19.1 Å². The van der Waals surface area contributed by atoms with Crippen LogP contribution in [-0.2, 0) is 15.1 Å². The molecular weight excluding hydrogens is 368 g/mol. The summed E-state index contributed by atoms with van der Waals surface area (Å²) in [6.07, 6.45) is 0.403. The predicted molar refractivity (Wildman–Crippen MR) is 109 cm³/mol. The fraction of sp³-hybridized carbons (Fsp3) is 0.391. The first kappa shape index (κ1) is 19.5. The highest BCUT2D eigenvalue weighted by atomic mass is 16.5. The van der Waals surface area contributed by atoms with Gasteiger partial charge >= 0.3 is 0 Å². The van der Waals surface area contributed by atoms with Crippen LogP contribution in [0.4, 0.5) is 0 Å². The molecule has 1 N–H and O–H groups in total. The lowest BCUT2D eigenvalue weighted by Gasteiger charge is -2.50. The standard InChI is InChI=1S/C23H26N2O4/c1-16(2)29-19-10-8-17(9-11-19)22(27)25-13-12-23(18-6-4-3-5-7-18)20(14-25)28-15-21(26)24-23/h3-11,16,20H,12-15H2,1-2H3,(H,24,26)/t20-,23+/m1/s1. The monoisotopic (exact) mass is 394 g/mol. The minimum Gasteiger partial charge on any atom is -0.491 e. The van der Waals surface area contributed by atoms with Crippen molar-refractivity contribution >= 4 is 11.8 Å². The lowest BCUT2D eigenvalue weighted by atomic mass is 9.77. The predicted octanol–water partition coefficient (Wildman–Crippen LogP) is 2.73. The van der Waals surface area contributed by atoms with Crippen LogP contribution >= 0.6 is 0 Å². The highest BCUT2D eigenvalue weighted by molar-refractivity contribution is 5.94. The van der Waals surface area contributed by atoms with Gasteiger partial charge in [-0.05, 0) is 50.1 Å². The van der Waals surface area contributed by atoms with Gasteiger partial charge in [-0.3, -0.25) is 9.59 Å². The Morgan fingerprint density at radius 1 is 1.17 bits per heavy atom. The Labute approximate surface area is 170 Å². The van der Waals surface area contributed by atoms with Gasteiger partial charge in [0.25, 0.3) is 5.91 Å². The number of likely N-dealkylation sites (tertiary alicyclic amines) is 1. The number of carbonyl (C=O) groups excluding carboxylic acids is 2. The maximum absolute atomic E-state index is 13.1. The van der Waals surface area contributed by atoms with Gasteiger partial charge in [0.05, 0.1) is 11.6 Å². The van der Waals surface area contributed by atoms with Crippen molar-refractivity contribution in [1.82, 2.24) is 10.2 Å². The van der Waals surface area contributed by atoms with Crippen molar-refractivity contribution in [1.29, 1.82) is 0 Å². The van der Waals surface area contributed by atoms with Crippen molar-refractivity contribution in [2.45, 2.75) is 38.0 Å². The minimum absolute atomic E-state index is 0.0164. The van der Waals surface area contributed by atoms with Gasteiger partial charge in [0.2, 0.25) is 5.91 Å². The highest BCUT2D eigenvalue weighted by Crippen LogP contribution is 2.37. The molecule has 2 aromatic carbocycles. The third-order valence-corrected chi connectivity index (χ3v) is 5.54. The molecule has 0 aliphatic carbocycles. The number of hydrogen-bond donors (Lipinski definition) is 1. The van der Waals surface area contributed by atoms with Crippen LogP contribution in [0.3, 0.4) is 0 Å². The molecule has 2 amide bonds. The number of hydrogen-bond acceptors (Lipinski definition) is 4. The first-order valence-corrected chi connectivity index (χ1v) is 10.0. The van der Waals surface area contributed by atoms with Gasteiger partial charge in [0.15, 0.2) is 0 Å². The number of nitrogens with zero attached hydrogens (tertiary/aromatic N) is 1. The van der Waals surface area contributed by atoms with Crippen molar-refractivity contribution in [2.75, 3.05) is 19.7 Å². The van der Waals surface area contributed by atoms with Crippen molar-refractivity contribution in [2.24, 2.45) is 0 Å². The van der Waals surface area contributed by atoms with Crippen molar-refractivity contribution in [3.63, 3.8) is 0 Å². The van der Waals surface area contributed by atoms with Crippen LogP contribution in [0.2, 0.25) is 0 Å². The molecule has 2 atom stereocenters. The minimum atomic E-state index is -0.595. The average molecular weight is 394 g/mol. The average Bonchev–Trinajstić information content (AvgIpc) is 2.73. The van der Waals surface area contributed by atoms with Gasteiger partial charge in [-0.25, -0.2) is 0 Å². The smallest absolute Gasteiger partial charge is 0.253 e. The lowest BCUT2D eigenvalue weighted by Crippen LogP contribution is -2.67. The van der Waals surface area contributed by atoms with E-state index < -0.39 is 5.54 Å². The second-order valence-electron chi connectivity index (χ2n) is 7.88. The molecule has 2 aliphatic rings. The number of piperidine rings is 1. The van der Waals surface area contributed by atoms with E-state index in [0.29, 0.717) is 25.1 Å². The molecule has 4 rings (SSSR count). The van der Waals surface area contributed by atoms with Gasteiger partial charge in [-0.2, -0.15) is 0 Å². The molecule has 6 heteroatoms. The second-order valence-corrected chi connectivity index (χ2v) is 7.88. The molecule has 0 bridgehead atoms. The number of rotatable bonds is 4. The normalized spacial score (nSPS) is 24.0. The zero-order valence-electron chi connectivity index (χ0n) is 16.8. The Kier molecular flexibility index (Phi) is 5.28. The first-order chi connectivity index (χ1) is 14.0. The summed E-state index contributed by atoms with van der Waals surface area (Å²) in [4.78, 5) is 27.0. The molecule has 2 heterocycles. The molecule has 0 unspecified atom stereocenters. The number of benzene rings is 2. The molecule has 6 nitrogen and oxygen atoms in total. The van der Waals surface area contributed by atoms with Gasteiger partial charge in [-0.15, -0.1) is 0 Å². The van der Waals surface area contributed by atoms with E-state index >= 15 is 0 Å². The Hall–Kier alpha value is -2.86. The molecule has 2 saturated heterocycles. The molecule has 2 aliphatic heterocycles. The van der Waals surface area contributed by atoms with E-state index in [4.69, 9.17) is 9.47 Å². The summed E-state index contributed by atoms with van der Waals surface area (Å²) in [7, 11) is 0. The molecular formula is C23H26N2O4. The second kappa shape index (κ2) is 7.87. The summed E-state index contributed by atoms with van der Waals surface area (Å²) < 4.78 is 11.6. The van der Waals surface area contributed by atoms with Crippen LogP contribution in [0.5, 0.6) is 5.75 Å². The Balaban J connectivity index is 1.53. The lowest BCUT2D eigenvalue weighted by molar-refractivity contribution is -0.150. The van der Waals surface area contributed by atoms with E-state index in [-0.39, 0.29) is 30.6 Å². The summed E-state index contributed by atoms with van der Waals surface area (Å²) in [5.41, 5.74) is 1.04. The zero-order valence-corrected chi connectivity index (χ0v) is 16.8. The van der Waals surface area contributed by atoms with Gasteiger partial charge in [0, 0.05) is 18.7 Å². The molecule has 0 radical (unpaired) electrons. The molecule has 2 aromatic rings. The first-order valence-electron chi connectivity index (χ1n) is 10.0. The maximum Gasteiger partial charge on any atom is 0.253 e. The number of nitrogens with one attached hydrogen (secondary N) is 1. The quantitative estimate of drug-likeness (QED) is 0.866. The highest BCUT2D eigenvalue weighted by Gasteiger charge is 2.49. The van der Waals surface area contributed by atoms with Crippen molar-refractivity contribution in [3.8, 4) is 5.75 Å². The maximum atomic E-state index is 13.1. The third kappa shape index (κ3) is 3.85. The van der Waals surface area contributed by atoms with Gasteiger partial charge in [-0.1, -0.05) is 30.3 Å². The van der Waals surface area contributed by atoms with Gasteiger partial charge in [0.1, 0.15) is 18.5 Å². The van der Waals surface area contributed by atoms with E-state index in [9.17, 15) is 9.59 Å². The number of morpholine rings is 1. The van der Waals surface area contributed by atoms with E-state index in [1.54, 1.807) is 12.1 Å². The summed E-state index contributed by atoms with van der Waals surface area (Å²) in [5, 5.41) is 3.15. The SMILES string of the molecule is CC(C)Oc1ccc(C(=O)N2CC[C@@]3(c4ccccc4)NC(=O)CO[C@@H]3C2)cc1. The third-order valence-electron chi connectivity index (χ3n) is 5.54. The zero-order chi connectivity index (χ0) is 20.4. The molecule has 0 saturated carbocycles. The molecule has 0 spiro atoms. The van der Waals surface area contributed by atoms with Crippen molar-refractivity contribution in [3.05, 3.63) is 65.7 Å². The molecule has 0 aromatic heterocycles. The summed E-state index contributed by atoms with van der Waals surface area (Å²) >= 11 is 0. The fourth-order valence-electron chi connectivity index (χ4n) is 4.17. The fourth-order valence-corrected chi connectivity index (χ4v) is 4.17. The summed E-state index contributed by atoms with van der Waals surface area (Å²) in [6.45, 7) is 4.92. The topological polar surface area (TPSA) is 67.9 Å². The number of amides is 2. The Morgan fingerprint density at radius 3 is 2.59 bits per heavy atom. The number of fused-ring (bicyclic) bond motifs is 1. The Bertz CT molecular complexity index is 882.